The first-order valence-electron chi connectivity index (χ1n) is 9.95. The van der Waals surface area contributed by atoms with Gasteiger partial charge in [-0.1, -0.05) is 13.8 Å². The number of nitrogens with two attached hydrogens (primary N) is 1. The van der Waals surface area contributed by atoms with Gasteiger partial charge in [0.05, 0.1) is 0 Å². The molecular weight excluding hydrogens is 400 g/mol. The van der Waals surface area contributed by atoms with E-state index in [2.05, 4.69) is 25.7 Å². The summed E-state index contributed by atoms with van der Waals surface area (Å²) in [5, 5.41) is 3.37. The Hall–Kier alpha value is 0.484. The molecule has 0 heterocycles. The third-order valence-electron chi connectivity index (χ3n) is 4.19. The second-order valence-corrected chi connectivity index (χ2v) is 14.1. The predicted octanol–water partition coefficient (Wildman–Crippen LogP) is 4.08. The van der Waals surface area contributed by atoms with Crippen LogP contribution in [0, 0.1) is 0 Å². The average Bonchev–Trinajstić information content (AvgIpc) is 2.72. The third-order valence-corrected chi connectivity index (χ3v) is 10.4. The quantitative estimate of drug-likeness (QED) is 0.238. The van der Waals surface area contributed by atoms with Gasteiger partial charge in [0.2, 0.25) is 0 Å². The van der Waals surface area contributed by atoms with Crippen molar-refractivity contribution in [3.05, 3.63) is 0 Å². The molecule has 168 valence electrons. The van der Waals surface area contributed by atoms with E-state index in [1.807, 2.05) is 6.55 Å². The Morgan fingerprint density at radius 1 is 0.778 bits per heavy atom. The molecule has 6 nitrogen and oxygen atoms in total. The molecule has 0 saturated carbocycles. The molecule has 0 aliphatic heterocycles. The summed E-state index contributed by atoms with van der Waals surface area (Å²) in [6.07, 6.45) is 4.42. The van der Waals surface area contributed by atoms with E-state index in [0.29, 0.717) is 5.88 Å². The van der Waals surface area contributed by atoms with Crippen molar-refractivity contribution in [1.82, 2.24) is 5.32 Å². The van der Waals surface area contributed by atoms with Gasteiger partial charge in [0.25, 0.3) is 0 Å². The van der Waals surface area contributed by atoms with Gasteiger partial charge in [-0.15, -0.1) is 11.6 Å². The molecule has 3 N–H and O–H groups in total. The first kappa shape index (κ1) is 32.2. The van der Waals surface area contributed by atoms with Gasteiger partial charge in [0.1, 0.15) is 0 Å². The van der Waals surface area contributed by atoms with Crippen molar-refractivity contribution < 1.29 is 17.7 Å². The van der Waals surface area contributed by atoms with Crippen molar-refractivity contribution >= 4 is 28.7 Å². The van der Waals surface area contributed by atoms with Crippen molar-refractivity contribution in [2.45, 2.75) is 64.7 Å². The van der Waals surface area contributed by atoms with Crippen LogP contribution in [0.3, 0.4) is 0 Å². The molecule has 0 atom stereocenters. The maximum Gasteiger partial charge on any atom is 0.334 e. The Kier molecular flexibility index (Phi) is 27.1. The molecule has 0 saturated heterocycles. The lowest BCUT2D eigenvalue weighted by Gasteiger charge is -2.22. The fourth-order valence-electron chi connectivity index (χ4n) is 1.80. The minimum absolute atomic E-state index is 0.690. The number of alkyl halides is 1. The second kappa shape index (κ2) is 22.8. The van der Waals surface area contributed by atoms with Crippen LogP contribution in [0.4, 0.5) is 0 Å². The second-order valence-electron chi connectivity index (χ2n) is 6.52. The molecule has 0 aromatic heterocycles. The van der Waals surface area contributed by atoms with Crippen LogP contribution >= 0.6 is 11.6 Å². The van der Waals surface area contributed by atoms with Crippen LogP contribution in [0.15, 0.2) is 0 Å². The van der Waals surface area contributed by atoms with E-state index in [1.54, 1.807) is 28.4 Å². The predicted molar refractivity (Wildman–Crippen MR) is 123 cm³/mol. The van der Waals surface area contributed by atoms with Crippen molar-refractivity contribution in [3.63, 3.8) is 0 Å². The molecule has 0 spiro atoms. The summed E-state index contributed by atoms with van der Waals surface area (Å²) in [6, 6.07) is 2.04. The molecule has 9 heteroatoms. The highest BCUT2D eigenvalue weighted by molar-refractivity contribution is 6.66. The number of rotatable bonds is 14. The van der Waals surface area contributed by atoms with Crippen LogP contribution in [0.25, 0.3) is 0 Å². The Morgan fingerprint density at radius 3 is 1.48 bits per heavy atom. The molecule has 0 aliphatic rings. The van der Waals surface area contributed by atoms with Gasteiger partial charge < -0.3 is 28.8 Å². The zero-order valence-corrected chi connectivity index (χ0v) is 21.9. The van der Waals surface area contributed by atoms with E-state index < -0.39 is 17.1 Å². The van der Waals surface area contributed by atoms with Crippen LogP contribution in [-0.4, -0.2) is 71.1 Å². The van der Waals surface area contributed by atoms with Gasteiger partial charge in [-0.2, -0.15) is 0 Å². The zero-order chi connectivity index (χ0) is 21.6. The maximum absolute atomic E-state index is 5.53. The molecule has 0 aromatic rings. The molecule has 0 bridgehead atoms. The number of hydrogen-bond donors (Lipinski definition) is 2. The zero-order valence-electron chi connectivity index (χ0n) is 19.2. The van der Waals surface area contributed by atoms with E-state index in [0.717, 1.165) is 51.0 Å². The summed E-state index contributed by atoms with van der Waals surface area (Å²) < 4.78 is 21.3. The number of nitrogens with one attached hydrogen (secondary N) is 1. The van der Waals surface area contributed by atoms with Gasteiger partial charge in [0.15, 0.2) is 0 Å². The Bertz CT molecular complexity index is 284. The van der Waals surface area contributed by atoms with Gasteiger partial charge >= 0.3 is 17.1 Å². The standard InChI is InChI=1S/C9H23NO2Si.C6H15ClO2Si.C3H9N/c1-5-7-10-8-6-9-13(4,11-2)12-3;1-8-10(3,9-2)6-4-5-7;1-2-3-4/h10H,5-9H2,1-4H3;4-6H2,1-3H3;2-4H2,1H3. The van der Waals surface area contributed by atoms with Crippen LogP contribution in [0.1, 0.15) is 39.5 Å². The lowest BCUT2D eigenvalue weighted by molar-refractivity contribution is 0.248. The smallest absolute Gasteiger partial charge is 0.334 e. The first-order valence-corrected chi connectivity index (χ1v) is 15.5. The fraction of sp³-hybridized carbons (Fsp3) is 1.00. The average molecular weight is 447 g/mol. The molecule has 0 rings (SSSR count). The molecule has 0 aliphatic carbocycles. The summed E-state index contributed by atoms with van der Waals surface area (Å²) >= 11 is 5.53. The normalized spacial score (nSPS) is 11.3. The highest BCUT2D eigenvalue weighted by atomic mass is 35.5. The van der Waals surface area contributed by atoms with Gasteiger partial charge in [0, 0.05) is 34.3 Å². The third kappa shape index (κ3) is 22.6. The first-order chi connectivity index (χ1) is 12.8. The molecule has 27 heavy (non-hydrogen) atoms. The highest BCUT2D eigenvalue weighted by Crippen LogP contribution is 2.14. The van der Waals surface area contributed by atoms with Crippen LogP contribution in [-0.2, 0) is 17.7 Å². The summed E-state index contributed by atoms with van der Waals surface area (Å²) in [6.45, 7) is 11.4. The Morgan fingerprint density at radius 2 is 1.19 bits per heavy atom. The molecule has 0 fully saturated rings. The SMILES string of the molecule is CCCN.CCCNCCC[Si](C)(OC)OC.CO[Si](C)(CCCCl)OC. The monoisotopic (exact) mass is 446 g/mol. The van der Waals surface area contributed by atoms with Crippen LogP contribution < -0.4 is 11.1 Å². The van der Waals surface area contributed by atoms with E-state index in [9.17, 15) is 0 Å². The Labute approximate surface area is 176 Å². The summed E-state index contributed by atoms with van der Waals surface area (Å²) in [5.74, 6) is 0.690. The molecule has 0 amide bonds. The summed E-state index contributed by atoms with van der Waals surface area (Å²) in [7, 11) is 3.29. The van der Waals surface area contributed by atoms with Crippen molar-refractivity contribution in [3.8, 4) is 0 Å². The highest BCUT2D eigenvalue weighted by Gasteiger charge is 2.28. The van der Waals surface area contributed by atoms with E-state index in [-0.39, 0.29) is 0 Å². The van der Waals surface area contributed by atoms with Gasteiger partial charge in [-0.25, -0.2) is 0 Å². The molecule has 0 unspecified atom stereocenters. The summed E-state index contributed by atoms with van der Waals surface area (Å²) in [4.78, 5) is 0. The van der Waals surface area contributed by atoms with Crippen molar-refractivity contribution in [1.29, 1.82) is 0 Å². The van der Waals surface area contributed by atoms with Crippen molar-refractivity contribution in [2.24, 2.45) is 5.73 Å². The van der Waals surface area contributed by atoms with Crippen LogP contribution in [0.5, 0.6) is 0 Å². The van der Waals surface area contributed by atoms with E-state index in [1.165, 1.54) is 6.42 Å². The lowest BCUT2D eigenvalue weighted by atomic mass is 10.4. The minimum Gasteiger partial charge on any atom is -0.398 e. The molecule has 0 radical (unpaired) electrons. The topological polar surface area (TPSA) is 75.0 Å². The molecule has 0 aromatic carbocycles. The number of hydrogen-bond acceptors (Lipinski definition) is 6. The molecular formula is C18H47ClN2O4Si2. The minimum atomic E-state index is -1.80. The largest absolute Gasteiger partial charge is 0.398 e. The van der Waals surface area contributed by atoms with Crippen molar-refractivity contribution in [2.75, 3.05) is 54.0 Å². The fourth-order valence-corrected chi connectivity index (χ4v) is 4.94. The van der Waals surface area contributed by atoms with Crippen LogP contribution in [0.2, 0.25) is 25.2 Å². The maximum atomic E-state index is 5.53. The number of halogens is 1. The van der Waals surface area contributed by atoms with Gasteiger partial charge in [-0.3, -0.25) is 0 Å². The Balaban J connectivity index is -0.000000364. The van der Waals surface area contributed by atoms with E-state index >= 15 is 0 Å². The summed E-state index contributed by atoms with van der Waals surface area (Å²) in [5.41, 5.74) is 5.03. The van der Waals surface area contributed by atoms with E-state index in [4.69, 9.17) is 35.0 Å². The lowest BCUT2D eigenvalue weighted by Crippen LogP contribution is -2.36. The van der Waals surface area contributed by atoms with Gasteiger partial charge in [-0.05, 0) is 70.5 Å².